The van der Waals surface area contributed by atoms with E-state index in [-0.39, 0.29) is 23.7 Å². The highest BCUT2D eigenvalue weighted by atomic mass is 16.8. The van der Waals surface area contributed by atoms with Gasteiger partial charge in [0.1, 0.15) is 0 Å². The summed E-state index contributed by atoms with van der Waals surface area (Å²) in [7, 11) is 0. The van der Waals surface area contributed by atoms with Crippen LogP contribution in [0.1, 0.15) is 310 Å². The minimum Gasteiger partial charge on any atom is -0.272 e. The molecule has 0 aromatic carbocycles. The molecule has 2 N–H and O–H groups in total. The minimum atomic E-state index is -0.0527. The molecule has 0 heterocycles. The fourth-order valence-electron chi connectivity index (χ4n) is 8.62. The molecule has 0 saturated heterocycles. The molecule has 0 saturated carbocycles. The second-order valence-electron chi connectivity index (χ2n) is 18.3. The molecule has 5 nitrogen and oxygen atoms in total. The topological polar surface area (TPSA) is 67.4 Å². The first-order valence-electron chi connectivity index (χ1n) is 26.4. The number of carbonyl (C=O) groups excluding carboxylic acids is 2. The maximum Gasteiger partial charge on any atom is 0.248 e. The Morgan fingerprint density at radius 3 is 0.614 bits per heavy atom. The highest BCUT2D eigenvalue weighted by molar-refractivity contribution is 5.79. The number of nitrogens with one attached hydrogen (secondary N) is 2. The molecule has 0 radical (unpaired) electrons. The average Bonchev–Trinajstić information content (AvgIpc) is 3.21. The highest BCUT2D eigenvalue weighted by Crippen LogP contribution is 2.22. The van der Waals surface area contributed by atoms with Crippen molar-refractivity contribution in [3.63, 3.8) is 0 Å². The molecule has 340 valence electrons. The SMILES string of the molecule is CCCCCCCCCCCCC(CCCCCCCCCCCC)C(=O)NONC(=O)C(CCCCCCCCCCCC)CCCCCCCCCCCC. The lowest BCUT2D eigenvalue weighted by molar-refractivity contribution is -0.156. The van der Waals surface area contributed by atoms with Gasteiger partial charge in [0.15, 0.2) is 0 Å². The molecule has 2 amide bonds. The Morgan fingerprint density at radius 1 is 0.281 bits per heavy atom. The van der Waals surface area contributed by atoms with Crippen molar-refractivity contribution < 1.29 is 14.5 Å². The molecule has 0 aliphatic rings. The van der Waals surface area contributed by atoms with E-state index >= 15 is 0 Å². The Bertz CT molecular complexity index is 692. The van der Waals surface area contributed by atoms with Crippen LogP contribution in [0.2, 0.25) is 0 Å². The van der Waals surface area contributed by atoms with Gasteiger partial charge in [0.25, 0.3) is 0 Å². The third kappa shape index (κ3) is 41.4. The standard InChI is InChI=1S/C52H104N2O3/c1-5-9-13-17-21-25-29-33-37-41-45-49(46-42-38-34-30-26-22-18-14-10-6-2)51(55)53-57-54-52(56)50(47-43-39-35-31-27-23-19-15-11-7-3)48-44-40-36-32-28-24-20-16-12-8-4/h49-50H,5-48H2,1-4H3,(H,53,55)(H,54,56). The molecule has 57 heavy (non-hydrogen) atoms. The number of rotatable bonds is 48. The van der Waals surface area contributed by atoms with Gasteiger partial charge in [-0.1, -0.05) is 285 Å². The van der Waals surface area contributed by atoms with E-state index in [0.717, 1.165) is 51.4 Å². The summed E-state index contributed by atoms with van der Waals surface area (Å²) in [4.78, 5) is 32.4. The largest absolute Gasteiger partial charge is 0.272 e. The fourth-order valence-corrected chi connectivity index (χ4v) is 8.62. The van der Waals surface area contributed by atoms with Crippen LogP contribution in [0.5, 0.6) is 0 Å². The van der Waals surface area contributed by atoms with E-state index in [1.54, 1.807) is 0 Å². The van der Waals surface area contributed by atoms with Crippen molar-refractivity contribution in [3.8, 4) is 0 Å². The van der Waals surface area contributed by atoms with Gasteiger partial charge in [0, 0.05) is 11.8 Å². The molecule has 0 fully saturated rings. The zero-order chi connectivity index (χ0) is 41.5. The molecular weight excluding hydrogens is 701 g/mol. The summed E-state index contributed by atoms with van der Waals surface area (Å²) in [6.45, 7) is 9.12. The van der Waals surface area contributed by atoms with Crippen LogP contribution in [-0.4, -0.2) is 11.8 Å². The number of carbonyl (C=O) groups is 2. The van der Waals surface area contributed by atoms with Crippen LogP contribution in [-0.2, 0) is 14.5 Å². The van der Waals surface area contributed by atoms with Crippen LogP contribution in [0, 0.1) is 11.8 Å². The molecule has 0 bridgehead atoms. The Kier molecular flexibility index (Phi) is 46.7. The van der Waals surface area contributed by atoms with Crippen molar-refractivity contribution in [3.05, 3.63) is 0 Å². The van der Waals surface area contributed by atoms with Gasteiger partial charge in [-0.15, -0.1) is 0 Å². The maximum atomic E-state index is 13.4. The Balaban J connectivity index is 4.82. The number of amides is 2. The van der Waals surface area contributed by atoms with Crippen LogP contribution in [0.15, 0.2) is 0 Å². The minimum absolute atomic E-state index is 0.0425. The van der Waals surface area contributed by atoms with Gasteiger partial charge < -0.3 is 0 Å². The van der Waals surface area contributed by atoms with E-state index < -0.39 is 0 Å². The maximum absolute atomic E-state index is 13.4. The van der Waals surface area contributed by atoms with Crippen molar-refractivity contribution in [2.75, 3.05) is 0 Å². The van der Waals surface area contributed by atoms with Crippen LogP contribution in [0.25, 0.3) is 0 Å². The van der Waals surface area contributed by atoms with E-state index in [9.17, 15) is 9.59 Å². The zero-order valence-electron chi connectivity index (χ0n) is 39.5. The lowest BCUT2D eigenvalue weighted by Gasteiger charge is -2.19. The molecule has 0 aliphatic heterocycles. The molecule has 0 aromatic rings. The second kappa shape index (κ2) is 47.6. The van der Waals surface area contributed by atoms with E-state index in [4.69, 9.17) is 4.94 Å². The predicted octanol–water partition coefficient (Wildman–Crippen LogP) is 17.5. The molecular formula is C52H104N2O3. The first kappa shape index (κ1) is 55.9. The summed E-state index contributed by atoms with van der Waals surface area (Å²) in [5.74, 6) is -0.190. The number of unbranched alkanes of at least 4 members (excludes halogenated alkanes) is 36. The Morgan fingerprint density at radius 2 is 0.439 bits per heavy atom. The second-order valence-corrected chi connectivity index (χ2v) is 18.3. The fraction of sp³-hybridized carbons (Fsp3) is 0.962. The Labute approximate surface area is 358 Å². The van der Waals surface area contributed by atoms with Crippen molar-refractivity contribution >= 4 is 11.8 Å². The van der Waals surface area contributed by atoms with Crippen LogP contribution >= 0.6 is 0 Å². The number of hydroxylamine groups is 2. The average molecular weight is 805 g/mol. The normalized spacial score (nSPS) is 11.6. The summed E-state index contributed by atoms with van der Waals surface area (Å²) >= 11 is 0. The summed E-state index contributed by atoms with van der Waals surface area (Å²) in [5.41, 5.74) is 5.37. The van der Waals surface area contributed by atoms with Gasteiger partial charge in [0.05, 0.1) is 0 Å². The van der Waals surface area contributed by atoms with Gasteiger partial charge in [0.2, 0.25) is 11.8 Å². The molecule has 0 aromatic heterocycles. The first-order chi connectivity index (χ1) is 28.1. The monoisotopic (exact) mass is 805 g/mol. The molecule has 0 aliphatic carbocycles. The third-order valence-corrected chi connectivity index (χ3v) is 12.7. The highest BCUT2D eigenvalue weighted by Gasteiger charge is 2.21. The third-order valence-electron chi connectivity index (χ3n) is 12.7. The van der Waals surface area contributed by atoms with Crippen LogP contribution in [0.4, 0.5) is 0 Å². The van der Waals surface area contributed by atoms with Gasteiger partial charge in [-0.05, 0) is 25.7 Å². The summed E-state index contributed by atoms with van der Waals surface area (Å²) in [6.07, 6.45) is 55.8. The lowest BCUT2D eigenvalue weighted by Crippen LogP contribution is -2.40. The van der Waals surface area contributed by atoms with E-state index in [0.29, 0.717) is 0 Å². The van der Waals surface area contributed by atoms with Crippen molar-refractivity contribution in [1.29, 1.82) is 0 Å². The van der Waals surface area contributed by atoms with Crippen LogP contribution < -0.4 is 11.0 Å². The molecule has 0 spiro atoms. The molecule has 0 rings (SSSR count). The van der Waals surface area contributed by atoms with Crippen molar-refractivity contribution in [1.82, 2.24) is 11.0 Å². The molecule has 0 atom stereocenters. The van der Waals surface area contributed by atoms with Gasteiger partial charge in [-0.25, -0.2) is 11.0 Å². The smallest absolute Gasteiger partial charge is 0.248 e. The van der Waals surface area contributed by atoms with Gasteiger partial charge in [-0.3, -0.25) is 9.59 Å². The van der Waals surface area contributed by atoms with E-state index in [2.05, 4.69) is 38.7 Å². The van der Waals surface area contributed by atoms with Crippen LogP contribution in [0.3, 0.4) is 0 Å². The van der Waals surface area contributed by atoms with Gasteiger partial charge >= 0.3 is 0 Å². The van der Waals surface area contributed by atoms with Gasteiger partial charge in [-0.2, -0.15) is 4.94 Å². The number of hydrogen-bond donors (Lipinski definition) is 2. The summed E-state index contributed by atoms with van der Waals surface area (Å²) in [5, 5.41) is 0. The molecule has 5 heteroatoms. The van der Waals surface area contributed by atoms with Crippen molar-refractivity contribution in [2.24, 2.45) is 11.8 Å². The first-order valence-corrected chi connectivity index (χ1v) is 26.4. The van der Waals surface area contributed by atoms with E-state index in [1.807, 2.05) is 0 Å². The summed E-state index contributed by atoms with van der Waals surface area (Å²) < 4.78 is 0. The summed E-state index contributed by atoms with van der Waals surface area (Å²) in [6, 6.07) is 0. The number of hydrogen-bond acceptors (Lipinski definition) is 3. The van der Waals surface area contributed by atoms with E-state index in [1.165, 1.54) is 231 Å². The lowest BCUT2D eigenvalue weighted by atomic mass is 9.93. The zero-order valence-corrected chi connectivity index (χ0v) is 39.5. The quantitative estimate of drug-likeness (QED) is 0.0475. The van der Waals surface area contributed by atoms with Crippen molar-refractivity contribution in [2.45, 2.75) is 310 Å². The Hall–Kier alpha value is -1.10. The predicted molar refractivity (Wildman–Crippen MR) is 250 cm³/mol. The molecule has 0 unspecified atom stereocenters.